The van der Waals surface area contributed by atoms with Gasteiger partial charge in [-0.3, -0.25) is 0 Å². The van der Waals surface area contributed by atoms with Gasteiger partial charge in [-0.05, 0) is 19.3 Å². The van der Waals surface area contributed by atoms with E-state index in [1.165, 1.54) is 0 Å². The molecule has 2 bridgehead atoms. The van der Waals surface area contributed by atoms with Crippen LogP contribution in [0.3, 0.4) is 0 Å². The predicted octanol–water partition coefficient (Wildman–Crippen LogP) is -0.000600. The Morgan fingerprint density at radius 2 is 2.25 bits per heavy atom. The lowest BCUT2D eigenvalue weighted by Gasteiger charge is -2.20. The smallest absolute Gasteiger partial charge is 0.332 e. The highest BCUT2D eigenvalue weighted by molar-refractivity contribution is 5.72. The summed E-state index contributed by atoms with van der Waals surface area (Å²) in [6.07, 6.45) is 1.58. The predicted molar refractivity (Wildman–Crippen MR) is 39.6 cm³/mol. The molecular weight excluding hydrogens is 160 g/mol. The Labute approximate surface area is 70.1 Å². The van der Waals surface area contributed by atoms with Gasteiger partial charge in [0.15, 0.2) is 6.10 Å². The minimum Gasteiger partial charge on any atom is -0.479 e. The Kier molecular flexibility index (Phi) is 1.81. The third kappa shape index (κ3) is 1.11. The molecule has 4 unspecified atom stereocenters. The standard InChI is InChI=1S/C8H12O4/c9-7(8(10)11)5-3-4-1-2-6(5)12-4/h4-7,9H,1-3H2,(H,10,11). The van der Waals surface area contributed by atoms with Gasteiger partial charge in [0.2, 0.25) is 0 Å². The first-order valence-electron chi connectivity index (χ1n) is 4.25. The molecule has 0 spiro atoms. The quantitative estimate of drug-likeness (QED) is 0.615. The van der Waals surface area contributed by atoms with Crippen LogP contribution in [0.1, 0.15) is 19.3 Å². The normalized spacial score (nSPS) is 41.6. The zero-order valence-corrected chi connectivity index (χ0v) is 6.64. The van der Waals surface area contributed by atoms with Crippen molar-refractivity contribution in [1.29, 1.82) is 0 Å². The van der Waals surface area contributed by atoms with Gasteiger partial charge in [-0.15, -0.1) is 0 Å². The van der Waals surface area contributed by atoms with Gasteiger partial charge in [-0.2, -0.15) is 0 Å². The van der Waals surface area contributed by atoms with E-state index in [0.717, 1.165) is 12.8 Å². The van der Waals surface area contributed by atoms with E-state index < -0.39 is 12.1 Å². The van der Waals surface area contributed by atoms with E-state index in [-0.39, 0.29) is 18.1 Å². The van der Waals surface area contributed by atoms with E-state index in [2.05, 4.69) is 0 Å². The number of rotatable bonds is 2. The summed E-state index contributed by atoms with van der Waals surface area (Å²) in [7, 11) is 0. The van der Waals surface area contributed by atoms with Crippen LogP contribution in [0.5, 0.6) is 0 Å². The minimum absolute atomic E-state index is 0.0129. The molecule has 2 fully saturated rings. The van der Waals surface area contributed by atoms with Crippen molar-refractivity contribution in [3.05, 3.63) is 0 Å². The van der Waals surface area contributed by atoms with Crippen LogP contribution in [0.2, 0.25) is 0 Å². The van der Waals surface area contributed by atoms with E-state index in [9.17, 15) is 9.90 Å². The lowest BCUT2D eigenvalue weighted by molar-refractivity contribution is -0.150. The number of aliphatic carboxylic acids is 1. The van der Waals surface area contributed by atoms with Crippen LogP contribution in [0.4, 0.5) is 0 Å². The molecule has 0 aliphatic carbocycles. The van der Waals surface area contributed by atoms with Crippen molar-refractivity contribution in [2.75, 3.05) is 0 Å². The third-order valence-electron chi connectivity index (χ3n) is 2.81. The van der Waals surface area contributed by atoms with Crippen molar-refractivity contribution in [1.82, 2.24) is 0 Å². The molecule has 2 aliphatic heterocycles. The first-order valence-corrected chi connectivity index (χ1v) is 4.25. The van der Waals surface area contributed by atoms with E-state index in [4.69, 9.17) is 9.84 Å². The molecule has 68 valence electrons. The molecule has 0 aromatic heterocycles. The molecule has 0 amide bonds. The van der Waals surface area contributed by atoms with Crippen molar-refractivity contribution < 1.29 is 19.7 Å². The number of ether oxygens (including phenoxy) is 1. The monoisotopic (exact) mass is 172 g/mol. The summed E-state index contributed by atoms with van der Waals surface area (Å²) in [4.78, 5) is 10.5. The molecule has 2 N–H and O–H groups in total. The molecule has 12 heavy (non-hydrogen) atoms. The van der Waals surface area contributed by atoms with Crippen molar-refractivity contribution in [3.63, 3.8) is 0 Å². The summed E-state index contributed by atoms with van der Waals surface area (Å²) < 4.78 is 5.43. The lowest BCUT2D eigenvalue weighted by Crippen LogP contribution is -2.35. The number of carbonyl (C=O) groups is 1. The van der Waals surface area contributed by atoms with Crippen LogP contribution >= 0.6 is 0 Å². The highest BCUT2D eigenvalue weighted by atomic mass is 16.5. The zero-order chi connectivity index (χ0) is 8.72. The highest BCUT2D eigenvalue weighted by Crippen LogP contribution is 2.40. The number of hydrogen-bond donors (Lipinski definition) is 2. The van der Waals surface area contributed by atoms with Gasteiger partial charge in [0.25, 0.3) is 0 Å². The second kappa shape index (κ2) is 2.71. The first kappa shape index (κ1) is 8.01. The largest absolute Gasteiger partial charge is 0.479 e. The first-order chi connectivity index (χ1) is 5.68. The second-order valence-corrected chi connectivity index (χ2v) is 3.56. The molecule has 4 heteroatoms. The maximum absolute atomic E-state index is 10.5. The van der Waals surface area contributed by atoms with Crippen LogP contribution in [-0.2, 0) is 9.53 Å². The molecule has 0 aromatic carbocycles. The fourth-order valence-corrected chi connectivity index (χ4v) is 2.19. The number of aliphatic hydroxyl groups excluding tert-OH is 1. The van der Waals surface area contributed by atoms with Crippen molar-refractivity contribution in [2.24, 2.45) is 5.92 Å². The number of hydrogen-bond acceptors (Lipinski definition) is 3. The minimum atomic E-state index is -1.24. The van der Waals surface area contributed by atoms with Crippen LogP contribution in [-0.4, -0.2) is 34.5 Å². The lowest BCUT2D eigenvalue weighted by atomic mass is 9.85. The van der Waals surface area contributed by atoms with Gasteiger partial charge < -0.3 is 14.9 Å². The maximum Gasteiger partial charge on any atom is 0.332 e. The summed E-state index contributed by atoms with van der Waals surface area (Å²) in [5.74, 6) is -1.31. The van der Waals surface area contributed by atoms with Gasteiger partial charge >= 0.3 is 5.97 Å². The van der Waals surface area contributed by atoms with Gasteiger partial charge in [0, 0.05) is 5.92 Å². The van der Waals surface area contributed by atoms with Crippen molar-refractivity contribution in [3.8, 4) is 0 Å². The average molecular weight is 172 g/mol. The maximum atomic E-state index is 10.5. The van der Waals surface area contributed by atoms with Gasteiger partial charge in [-0.25, -0.2) is 4.79 Å². The molecule has 2 rings (SSSR count). The Balaban J connectivity index is 2.02. The molecule has 4 nitrogen and oxygen atoms in total. The Morgan fingerprint density at radius 1 is 1.50 bits per heavy atom. The van der Waals surface area contributed by atoms with E-state index >= 15 is 0 Å². The molecular formula is C8H12O4. The summed E-state index contributed by atoms with van der Waals surface area (Å²) in [6.45, 7) is 0. The SMILES string of the molecule is O=C(O)C(O)C1CC2CCC1O2. The average Bonchev–Trinajstić information content (AvgIpc) is 2.62. The van der Waals surface area contributed by atoms with Crippen molar-refractivity contribution >= 4 is 5.97 Å². The number of carboxylic acids is 1. The number of aliphatic hydroxyl groups is 1. The number of carboxylic acid groups (broad SMARTS) is 1. The van der Waals surface area contributed by atoms with Crippen LogP contribution in [0.25, 0.3) is 0 Å². The Bertz CT molecular complexity index is 203. The Morgan fingerprint density at radius 3 is 2.67 bits per heavy atom. The molecule has 0 radical (unpaired) electrons. The van der Waals surface area contributed by atoms with E-state index in [1.807, 2.05) is 0 Å². The highest BCUT2D eigenvalue weighted by Gasteiger charge is 2.45. The van der Waals surface area contributed by atoms with E-state index in [1.54, 1.807) is 0 Å². The molecule has 0 saturated carbocycles. The van der Waals surface area contributed by atoms with Gasteiger partial charge in [0.1, 0.15) is 0 Å². The zero-order valence-electron chi connectivity index (χ0n) is 6.64. The third-order valence-corrected chi connectivity index (χ3v) is 2.81. The second-order valence-electron chi connectivity index (χ2n) is 3.56. The number of fused-ring (bicyclic) bond motifs is 2. The van der Waals surface area contributed by atoms with E-state index in [0.29, 0.717) is 6.42 Å². The summed E-state index contributed by atoms with van der Waals surface area (Å²) in [5.41, 5.74) is 0. The fourth-order valence-electron chi connectivity index (χ4n) is 2.19. The van der Waals surface area contributed by atoms with Crippen molar-refractivity contribution in [2.45, 2.75) is 37.6 Å². The Hall–Kier alpha value is -0.610. The molecule has 4 atom stereocenters. The molecule has 2 saturated heterocycles. The molecule has 2 aliphatic rings. The van der Waals surface area contributed by atoms with Crippen LogP contribution in [0, 0.1) is 5.92 Å². The van der Waals surface area contributed by atoms with Crippen LogP contribution < -0.4 is 0 Å². The van der Waals surface area contributed by atoms with Gasteiger partial charge in [-0.1, -0.05) is 0 Å². The summed E-state index contributed by atoms with van der Waals surface area (Å²) in [6, 6.07) is 0. The fraction of sp³-hybridized carbons (Fsp3) is 0.875. The summed E-state index contributed by atoms with van der Waals surface area (Å²) in [5, 5.41) is 17.8. The van der Waals surface area contributed by atoms with Gasteiger partial charge in [0.05, 0.1) is 12.2 Å². The van der Waals surface area contributed by atoms with Crippen LogP contribution in [0.15, 0.2) is 0 Å². The molecule has 2 heterocycles. The molecule has 0 aromatic rings. The summed E-state index contributed by atoms with van der Waals surface area (Å²) >= 11 is 0. The topological polar surface area (TPSA) is 66.8 Å².